The molecule has 2 aromatic carbocycles. The molecule has 5 nitrogen and oxygen atoms in total. The number of hydrogen-bond acceptors (Lipinski definition) is 5. The summed E-state index contributed by atoms with van der Waals surface area (Å²) in [5.41, 5.74) is 0.486. The molecule has 0 saturated heterocycles. The lowest BCUT2D eigenvalue weighted by Crippen LogP contribution is -2.04. The molecule has 0 amide bonds. The summed E-state index contributed by atoms with van der Waals surface area (Å²) < 4.78 is 16.1. The molecule has 0 aliphatic heterocycles. The Morgan fingerprint density at radius 3 is 2.41 bits per heavy atom. The first-order valence-electron chi connectivity index (χ1n) is 6.87. The van der Waals surface area contributed by atoms with Gasteiger partial charge in [-0.1, -0.05) is 12.1 Å². The van der Waals surface area contributed by atoms with Gasteiger partial charge in [0.2, 0.25) is 0 Å². The van der Waals surface area contributed by atoms with E-state index in [1.807, 2.05) is 0 Å². The van der Waals surface area contributed by atoms with E-state index in [1.165, 1.54) is 14.2 Å². The molecule has 1 N–H and O–H groups in total. The standard InChI is InChI=1S/C17H16O5/c1-9(18)10-7-8-13(21-3)16-15(10)14-11(17(19)22-16)5-4-6-12(14)20-2/h4-9,18H,1-3H3/t9-/m1/s1. The lowest BCUT2D eigenvalue weighted by atomic mass is 9.98. The highest BCUT2D eigenvalue weighted by molar-refractivity contribution is 6.11. The van der Waals surface area contributed by atoms with E-state index in [2.05, 4.69) is 0 Å². The first kappa shape index (κ1) is 14.4. The van der Waals surface area contributed by atoms with Crippen molar-refractivity contribution in [3.63, 3.8) is 0 Å². The van der Waals surface area contributed by atoms with Gasteiger partial charge in [-0.2, -0.15) is 0 Å². The molecule has 1 aromatic heterocycles. The molecule has 1 heterocycles. The Labute approximate surface area is 126 Å². The van der Waals surface area contributed by atoms with Crippen LogP contribution in [0.4, 0.5) is 0 Å². The van der Waals surface area contributed by atoms with E-state index in [-0.39, 0.29) is 0 Å². The van der Waals surface area contributed by atoms with Crippen LogP contribution >= 0.6 is 0 Å². The van der Waals surface area contributed by atoms with Crippen LogP contribution < -0.4 is 15.1 Å². The van der Waals surface area contributed by atoms with Gasteiger partial charge in [0.1, 0.15) is 5.75 Å². The average molecular weight is 300 g/mol. The van der Waals surface area contributed by atoms with Gasteiger partial charge in [-0.25, -0.2) is 4.79 Å². The summed E-state index contributed by atoms with van der Waals surface area (Å²) in [5.74, 6) is 0.981. The second-order valence-electron chi connectivity index (χ2n) is 5.01. The Morgan fingerprint density at radius 2 is 1.77 bits per heavy atom. The van der Waals surface area contributed by atoms with E-state index >= 15 is 0 Å². The maximum absolute atomic E-state index is 12.3. The van der Waals surface area contributed by atoms with Crippen molar-refractivity contribution in [2.75, 3.05) is 14.2 Å². The van der Waals surface area contributed by atoms with Crippen LogP contribution in [0.25, 0.3) is 21.7 Å². The van der Waals surface area contributed by atoms with Crippen molar-refractivity contribution in [1.82, 2.24) is 0 Å². The minimum atomic E-state index is -0.728. The molecule has 0 fully saturated rings. The Kier molecular flexibility index (Phi) is 3.50. The number of hydrogen-bond donors (Lipinski definition) is 1. The Balaban J connectivity index is 2.67. The molecule has 1 atom stereocenters. The molecule has 114 valence electrons. The molecule has 0 unspecified atom stereocenters. The SMILES string of the molecule is COc1ccc([C@@H](C)O)c2c1oc(=O)c1cccc(OC)c12. The molecule has 0 aliphatic rings. The van der Waals surface area contributed by atoms with E-state index < -0.39 is 11.7 Å². The van der Waals surface area contributed by atoms with Crippen LogP contribution in [0.5, 0.6) is 11.5 Å². The zero-order chi connectivity index (χ0) is 15.9. The second kappa shape index (κ2) is 5.35. The number of aliphatic hydroxyl groups excluding tert-OH is 1. The van der Waals surface area contributed by atoms with Gasteiger partial charge in [-0.05, 0) is 30.7 Å². The fraction of sp³-hybridized carbons (Fsp3) is 0.235. The van der Waals surface area contributed by atoms with Crippen LogP contribution in [0.3, 0.4) is 0 Å². The molecule has 22 heavy (non-hydrogen) atoms. The van der Waals surface area contributed by atoms with Crippen LogP contribution in [0.1, 0.15) is 18.6 Å². The fourth-order valence-corrected chi connectivity index (χ4v) is 2.72. The van der Waals surface area contributed by atoms with Crippen molar-refractivity contribution in [3.8, 4) is 11.5 Å². The summed E-state index contributed by atoms with van der Waals surface area (Å²) in [6.07, 6.45) is -0.728. The average Bonchev–Trinajstić information content (AvgIpc) is 2.53. The maximum Gasteiger partial charge on any atom is 0.344 e. The Bertz CT molecular complexity index is 908. The predicted octanol–water partition coefficient (Wildman–Crippen LogP) is 3.02. The molecule has 0 spiro atoms. The third kappa shape index (κ3) is 2.02. The van der Waals surface area contributed by atoms with Crippen molar-refractivity contribution in [3.05, 3.63) is 46.3 Å². The number of rotatable bonds is 3. The van der Waals surface area contributed by atoms with Gasteiger partial charge >= 0.3 is 5.63 Å². The minimum Gasteiger partial charge on any atom is -0.496 e. The van der Waals surface area contributed by atoms with Crippen LogP contribution in [-0.2, 0) is 0 Å². The van der Waals surface area contributed by atoms with Crippen LogP contribution in [0.15, 0.2) is 39.5 Å². The molecule has 0 bridgehead atoms. The first-order chi connectivity index (χ1) is 10.6. The van der Waals surface area contributed by atoms with Crippen molar-refractivity contribution in [2.45, 2.75) is 13.0 Å². The quantitative estimate of drug-likeness (QED) is 0.595. The van der Waals surface area contributed by atoms with E-state index in [1.54, 1.807) is 37.3 Å². The summed E-state index contributed by atoms with van der Waals surface area (Å²) >= 11 is 0. The molecule has 0 saturated carbocycles. The van der Waals surface area contributed by atoms with E-state index in [9.17, 15) is 9.90 Å². The maximum atomic E-state index is 12.3. The molecule has 0 radical (unpaired) electrons. The zero-order valence-electron chi connectivity index (χ0n) is 12.5. The lowest BCUT2D eigenvalue weighted by molar-refractivity contribution is 0.201. The van der Waals surface area contributed by atoms with Gasteiger partial charge in [-0.15, -0.1) is 0 Å². The molecule has 3 aromatic rings. The number of fused-ring (bicyclic) bond motifs is 3. The molecular formula is C17H16O5. The van der Waals surface area contributed by atoms with E-state index in [0.29, 0.717) is 38.8 Å². The van der Waals surface area contributed by atoms with Gasteiger partial charge in [0.15, 0.2) is 11.3 Å². The summed E-state index contributed by atoms with van der Waals surface area (Å²) in [5, 5.41) is 11.7. The zero-order valence-corrected chi connectivity index (χ0v) is 12.5. The first-order valence-corrected chi connectivity index (χ1v) is 6.87. The topological polar surface area (TPSA) is 68.9 Å². The normalized spacial score (nSPS) is 12.5. The van der Waals surface area contributed by atoms with E-state index in [4.69, 9.17) is 13.9 Å². The summed E-state index contributed by atoms with van der Waals surface area (Å²) in [7, 11) is 3.04. The second-order valence-corrected chi connectivity index (χ2v) is 5.01. The minimum absolute atomic E-state index is 0.308. The highest BCUT2D eigenvalue weighted by atomic mass is 16.5. The molecule has 3 rings (SSSR count). The number of ether oxygens (including phenoxy) is 2. The molecule has 0 aliphatic carbocycles. The highest BCUT2D eigenvalue weighted by Crippen LogP contribution is 2.38. The third-order valence-electron chi connectivity index (χ3n) is 3.73. The monoisotopic (exact) mass is 300 g/mol. The van der Waals surface area contributed by atoms with Crippen LogP contribution in [0, 0.1) is 0 Å². The highest BCUT2D eigenvalue weighted by Gasteiger charge is 2.19. The van der Waals surface area contributed by atoms with Crippen molar-refractivity contribution < 1.29 is 19.0 Å². The van der Waals surface area contributed by atoms with Gasteiger partial charge in [0, 0.05) is 10.8 Å². The van der Waals surface area contributed by atoms with Gasteiger partial charge < -0.3 is 19.0 Å². The number of benzene rings is 2. The number of methoxy groups -OCH3 is 2. The Morgan fingerprint density at radius 1 is 1.05 bits per heavy atom. The number of aliphatic hydroxyl groups is 1. The fourth-order valence-electron chi connectivity index (χ4n) is 2.72. The summed E-state index contributed by atoms with van der Waals surface area (Å²) in [6.45, 7) is 1.66. The summed E-state index contributed by atoms with van der Waals surface area (Å²) in [6, 6.07) is 8.61. The van der Waals surface area contributed by atoms with Gasteiger partial charge in [0.25, 0.3) is 0 Å². The van der Waals surface area contributed by atoms with Crippen molar-refractivity contribution >= 4 is 21.7 Å². The lowest BCUT2D eigenvalue weighted by Gasteiger charge is -2.15. The van der Waals surface area contributed by atoms with Gasteiger partial charge in [0.05, 0.1) is 25.7 Å². The molecular weight excluding hydrogens is 284 g/mol. The van der Waals surface area contributed by atoms with Gasteiger partial charge in [-0.3, -0.25) is 0 Å². The van der Waals surface area contributed by atoms with E-state index in [0.717, 1.165) is 0 Å². The van der Waals surface area contributed by atoms with Crippen LogP contribution in [-0.4, -0.2) is 19.3 Å². The largest absolute Gasteiger partial charge is 0.496 e. The predicted molar refractivity (Wildman–Crippen MR) is 83.7 cm³/mol. The smallest absolute Gasteiger partial charge is 0.344 e. The summed E-state index contributed by atoms with van der Waals surface area (Å²) in [4.78, 5) is 12.3. The third-order valence-corrected chi connectivity index (χ3v) is 3.73. The van der Waals surface area contributed by atoms with Crippen molar-refractivity contribution in [2.24, 2.45) is 0 Å². The molecule has 5 heteroatoms. The van der Waals surface area contributed by atoms with Crippen molar-refractivity contribution in [1.29, 1.82) is 0 Å². The van der Waals surface area contributed by atoms with Crippen LogP contribution in [0.2, 0.25) is 0 Å². The Hall–Kier alpha value is -2.53.